The number of methoxy groups -OCH3 is 1. The molecule has 28 heavy (non-hydrogen) atoms. The summed E-state index contributed by atoms with van der Waals surface area (Å²) in [6, 6.07) is 17.4. The average molecular weight is 377 g/mol. The highest BCUT2D eigenvalue weighted by molar-refractivity contribution is 5.92. The second-order valence-corrected chi connectivity index (χ2v) is 7.35. The van der Waals surface area contributed by atoms with Crippen molar-refractivity contribution in [2.75, 3.05) is 32.1 Å². The summed E-state index contributed by atoms with van der Waals surface area (Å²) in [4.78, 5) is 14.5. The van der Waals surface area contributed by atoms with Crippen LogP contribution in [0.4, 0.5) is 5.69 Å². The van der Waals surface area contributed by atoms with Gasteiger partial charge in [-0.05, 0) is 80.6 Å². The summed E-state index contributed by atoms with van der Waals surface area (Å²) >= 11 is 0. The molecule has 1 aliphatic rings. The van der Waals surface area contributed by atoms with Gasteiger partial charge in [-0.1, -0.05) is 18.2 Å². The van der Waals surface area contributed by atoms with Crippen molar-refractivity contribution < 1.29 is 9.53 Å². The number of benzene rings is 2. The summed E-state index contributed by atoms with van der Waals surface area (Å²) in [5, 5.41) is 11.8. The highest BCUT2D eigenvalue weighted by Gasteiger charge is 2.20. The van der Waals surface area contributed by atoms with E-state index in [9.17, 15) is 4.79 Å². The first-order valence-corrected chi connectivity index (χ1v) is 9.81. The van der Waals surface area contributed by atoms with Crippen LogP contribution in [0.5, 0.6) is 5.75 Å². The van der Waals surface area contributed by atoms with Crippen molar-refractivity contribution in [3.05, 3.63) is 59.7 Å². The summed E-state index contributed by atoms with van der Waals surface area (Å²) in [7, 11) is 1.69. The maximum atomic E-state index is 12.3. The largest absolute Gasteiger partial charge is 0.497 e. The van der Waals surface area contributed by atoms with Gasteiger partial charge in [0.05, 0.1) is 25.3 Å². The molecule has 2 aromatic carbocycles. The lowest BCUT2D eigenvalue weighted by atomic mass is 9.90. The molecule has 0 radical (unpaired) electrons. The number of hydrogen-bond acceptors (Lipinski definition) is 4. The highest BCUT2D eigenvalue weighted by atomic mass is 16.5. The highest BCUT2D eigenvalue weighted by Crippen LogP contribution is 2.23. The van der Waals surface area contributed by atoms with Gasteiger partial charge in [0, 0.05) is 5.69 Å². The number of hydrogen-bond donors (Lipinski definition) is 1. The van der Waals surface area contributed by atoms with Crippen LogP contribution in [0.2, 0.25) is 0 Å². The summed E-state index contributed by atoms with van der Waals surface area (Å²) in [5.74, 6) is 1.59. The number of rotatable bonds is 7. The molecule has 0 unspecified atom stereocenters. The predicted molar refractivity (Wildman–Crippen MR) is 110 cm³/mol. The van der Waals surface area contributed by atoms with Gasteiger partial charge in [0.1, 0.15) is 5.75 Å². The molecule has 1 saturated heterocycles. The van der Waals surface area contributed by atoms with E-state index in [4.69, 9.17) is 10.00 Å². The third-order valence-corrected chi connectivity index (χ3v) is 5.35. The van der Waals surface area contributed by atoms with Gasteiger partial charge in [-0.15, -0.1) is 0 Å². The molecule has 0 bridgehead atoms. The molecule has 0 aromatic heterocycles. The van der Waals surface area contributed by atoms with E-state index in [1.807, 2.05) is 18.2 Å². The normalized spacial score (nSPS) is 15.0. The maximum absolute atomic E-state index is 12.3. The zero-order valence-electron chi connectivity index (χ0n) is 16.4. The fraction of sp³-hybridized carbons (Fsp3) is 0.391. The van der Waals surface area contributed by atoms with Crippen LogP contribution in [-0.2, 0) is 11.2 Å². The topological polar surface area (TPSA) is 65.4 Å². The first kappa shape index (κ1) is 19.9. The lowest BCUT2D eigenvalue weighted by molar-refractivity contribution is -0.117. The molecule has 5 heteroatoms. The van der Waals surface area contributed by atoms with E-state index >= 15 is 0 Å². The van der Waals surface area contributed by atoms with Crippen LogP contribution >= 0.6 is 0 Å². The molecular formula is C23H27N3O2. The zero-order valence-corrected chi connectivity index (χ0v) is 16.4. The lowest BCUT2D eigenvalue weighted by Gasteiger charge is -2.31. The summed E-state index contributed by atoms with van der Waals surface area (Å²) in [6.07, 6.45) is 4.54. The number of nitrogens with one attached hydrogen (secondary N) is 1. The van der Waals surface area contributed by atoms with Gasteiger partial charge >= 0.3 is 0 Å². The minimum atomic E-state index is -0.0215. The minimum Gasteiger partial charge on any atom is -0.497 e. The van der Waals surface area contributed by atoms with Crippen molar-refractivity contribution in [2.45, 2.75) is 25.7 Å². The van der Waals surface area contributed by atoms with E-state index in [2.05, 4.69) is 28.4 Å². The Morgan fingerprint density at radius 1 is 1.21 bits per heavy atom. The molecule has 1 heterocycles. The van der Waals surface area contributed by atoms with Crippen LogP contribution in [0.15, 0.2) is 48.5 Å². The molecule has 1 fully saturated rings. The lowest BCUT2D eigenvalue weighted by Crippen LogP contribution is -2.39. The van der Waals surface area contributed by atoms with Gasteiger partial charge in [0.2, 0.25) is 5.91 Å². The fourth-order valence-corrected chi connectivity index (χ4v) is 3.67. The Hall–Kier alpha value is -2.84. The Morgan fingerprint density at radius 2 is 1.96 bits per heavy atom. The molecule has 1 N–H and O–H groups in total. The zero-order chi connectivity index (χ0) is 19.8. The Kier molecular flexibility index (Phi) is 7.05. The summed E-state index contributed by atoms with van der Waals surface area (Å²) in [5.41, 5.74) is 2.58. The standard InChI is InChI=1S/C23H27N3O2/c1-28-22-9-7-18(8-10-22)5-6-19-11-13-26(14-12-19)17-23(27)25-21-4-2-3-20(15-21)16-24/h2-4,7-10,15,19H,5-6,11-14,17H2,1H3,(H,25,27). The average Bonchev–Trinajstić information content (AvgIpc) is 2.73. The molecule has 0 saturated carbocycles. The van der Waals surface area contributed by atoms with Gasteiger partial charge in [0.25, 0.3) is 0 Å². The molecule has 3 rings (SSSR count). The molecule has 1 aliphatic heterocycles. The third-order valence-electron chi connectivity index (χ3n) is 5.35. The number of piperidine rings is 1. The van der Waals surface area contributed by atoms with Crippen LogP contribution in [-0.4, -0.2) is 37.6 Å². The van der Waals surface area contributed by atoms with Gasteiger partial charge in [0.15, 0.2) is 0 Å². The van der Waals surface area contributed by atoms with Crippen molar-refractivity contribution in [1.29, 1.82) is 5.26 Å². The van der Waals surface area contributed by atoms with E-state index < -0.39 is 0 Å². The van der Waals surface area contributed by atoms with Crippen molar-refractivity contribution in [2.24, 2.45) is 5.92 Å². The van der Waals surface area contributed by atoms with Gasteiger partial charge in [-0.2, -0.15) is 5.26 Å². The number of ether oxygens (including phenoxy) is 1. The summed E-state index contributed by atoms with van der Waals surface area (Å²) < 4.78 is 5.20. The Morgan fingerprint density at radius 3 is 2.64 bits per heavy atom. The van der Waals surface area contributed by atoms with E-state index in [0.717, 1.165) is 38.1 Å². The van der Waals surface area contributed by atoms with Crippen LogP contribution < -0.4 is 10.1 Å². The number of amides is 1. The fourth-order valence-electron chi connectivity index (χ4n) is 3.67. The van der Waals surface area contributed by atoms with Crippen molar-refractivity contribution >= 4 is 11.6 Å². The number of anilines is 1. The molecule has 2 aromatic rings. The van der Waals surface area contributed by atoms with E-state index in [1.54, 1.807) is 25.3 Å². The first-order valence-electron chi connectivity index (χ1n) is 9.81. The molecule has 0 aliphatic carbocycles. The van der Waals surface area contributed by atoms with Gasteiger partial charge < -0.3 is 10.1 Å². The molecule has 0 spiro atoms. The van der Waals surface area contributed by atoms with Crippen LogP contribution in [0, 0.1) is 17.2 Å². The second-order valence-electron chi connectivity index (χ2n) is 7.35. The SMILES string of the molecule is COc1ccc(CCC2CCN(CC(=O)Nc3cccc(C#N)c3)CC2)cc1. The number of likely N-dealkylation sites (tertiary alicyclic amines) is 1. The predicted octanol–water partition coefficient (Wildman–Crippen LogP) is 3.85. The van der Waals surface area contributed by atoms with Crippen LogP contribution in [0.3, 0.4) is 0 Å². The van der Waals surface area contributed by atoms with Gasteiger partial charge in [-0.3, -0.25) is 9.69 Å². The molecule has 0 atom stereocenters. The Bertz CT molecular complexity index is 818. The second kappa shape index (κ2) is 9.91. The monoisotopic (exact) mass is 377 g/mol. The van der Waals surface area contributed by atoms with Crippen LogP contribution in [0.1, 0.15) is 30.4 Å². The smallest absolute Gasteiger partial charge is 0.238 e. The number of carbonyl (C=O) groups is 1. The number of nitrogens with zero attached hydrogens (tertiary/aromatic N) is 2. The molecular weight excluding hydrogens is 350 g/mol. The summed E-state index contributed by atoms with van der Waals surface area (Å²) in [6.45, 7) is 2.32. The molecule has 5 nitrogen and oxygen atoms in total. The first-order chi connectivity index (χ1) is 13.7. The molecule has 146 valence electrons. The van der Waals surface area contributed by atoms with E-state index in [1.165, 1.54) is 12.0 Å². The van der Waals surface area contributed by atoms with Crippen LogP contribution in [0.25, 0.3) is 0 Å². The van der Waals surface area contributed by atoms with E-state index in [-0.39, 0.29) is 5.91 Å². The minimum absolute atomic E-state index is 0.0215. The maximum Gasteiger partial charge on any atom is 0.238 e. The quantitative estimate of drug-likeness (QED) is 0.796. The van der Waals surface area contributed by atoms with E-state index in [0.29, 0.717) is 23.7 Å². The molecule has 1 amide bonds. The Labute approximate surface area is 166 Å². The Balaban J connectivity index is 1.38. The number of aryl methyl sites for hydroxylation is 1. The van der Waals surface area contributed by atoms with Crippen molar-refractivity contribution in [3.8, 4) is 11.8 Å². The van der Waals surface area contributed by atoms with Crippen molar-refractivity contribution in [1.82, 2.24) is 4.90 Å². The van der Waals surface area contributed by atoms with Crippen molar-refractivity contribution in [3.63, 3.8) is 0 Å². The number of carbonyl (C=O) groups excluding carboxylic acids is 1. The number of nitriles is 1. The third kappa shape index (κ3) is 5.83. The van der Waals surface area contributed by atoms with Gasteiger partial charge in [-0.25, -0.2) is 0 Å².